The summed E-state index contributed by atoms with van der Waals surface area (Å²) >= 11 is 7.91. The van der Waals surface area contributed by atoms with E-state index in [0.717, 1.165) is 28.3 Å². The van der Waals surface area contributed by atoms with E-state index in [1.165, 1.54) is 4.90 Å². The van der Waals surface area contributed by atoms with Crippen molar-refractivity contribution in [3.8, 4) is 6.07 Å². The molecule has 0 spiro atoms. The van der Waals surface area contributed by atoms with Crippen LogP contribution in [0, 0.1) is 11.3 Å². The lowest BCUT2D eigenvalue weighted by molar-refractivity contribution is 1.19. The lowest BCUT2D eigenvalue weighted by atomic mass is 10.0. The molecule has 0 fully saturated rings. The van der Waals surface area contributed by atoms with E-state index < -0.39 is 0 Å². The van der Waals surface area contributed by atoms with Gasteiger partial charge >= 0.3 is 0 Å². The summed E-state index contributed by atoms with van der Waals surface area (Å²) in [5.41, 5.74) is 2.11. The molecule has 0 radical (unpaired) electrons. The molecule has 1 heterocycles. The lowest BCUT2D eigenvalue weighted by Gasteiger charge is -2.18. The van der Waals surface area contributed by atoms with Gasteiger partial charge in [-0.25, -0.2) is 0 Å². The number of nitrogens with zero attached hydrogens (tertiary/aromatic N) is 1. The fourth-order valence-electron chi connectivity index (χ4n) is 1.55. The second kappa shape index (κ2) is 4.08. The minimum Gasteiger partial charge on any atom is -0.193 e. The minimum absolute atomic E-state index is 0.746. The molecule has 14 heavy (non-hydrogen) atoms. The van der Waals surface area contributed by atoms with Gasteiger partial charge in [0.1, 0.15) is 0 Å². The maximum Gasteiger partial charge on any atom is 0.0915 e. The summed E-state index contributed by atoms with van der Waals surface area (Å²) in [4.78, 5) is 1.19. The molecule has 1 nitrogen and oxygen atoms in total. The SMILES string of the molecule is N#C/C=C1/CCSc2cccc(Cl)c21. The Labute approximate surface area is 92.4 Å². The first-order chi connectivity index (χ1) is 6.83. The first kappa shape index (κ1) is 9.64. The molecule has 0 atom stereocenters. The summed E-state index contributed by atoms with van der Waals surface area (Å²) in [5.74, 6) is 1.03. The van der Waals surface area contributed by atoms with Crippen molar-refractivity contribution in [1.82, 2.24) is 0 Å². The van der Waals surface area contributed by atoms with E-state index in [1.807, 2.05) is 12.1 Å². The molecule has 0 saturated carbocycles. The van der Waals surface area contributed by atoms with Crippen LogP contribution >= 0.6 is 23.4 Å². The van der Waals surface area contributed by atoms with E-state index in [9.17, 15) is 0 Å². The number of hydrogen-bond donors (Lipinski definition) is 0. The molecule has 70 valence electrons. The third kappa shape index (κ3) is 1.66. The van der Waals surface area contributed by atoms with Crippen LogP contribution in [-0.2, 0) is 0 Å². The van der Waals surface area contributed by atoms with Crippen molar-refractivity contribution in [2.45, 2.75) is 11.3 Å². The van der Waals surface area contributed by atoms with Gasteiger partial charge in [0.2, 0.25) is 0 Å². The van der Waals surface area contributed by atoms with Gasteiger partial charge in [0.05, 0.1) is 6.07 Å². The average molecular weight is 222 g/mol. The van der Waals surface area contributed by atoms with Gasteiger partial charge in [-0.15, -0.1) is 11.8 Å². The maximum absolute atomic E-state index is 8.66. The molecule has 1 aliphatic rings. The number of hydrogen-bond acceptors (Lipinski definition) is 2. The largest absolute Gasteiger partial charge is 0.193 e. The first-order valence-corrected chi connectivity index (χ1v) is 5.69. The molecule has 1 aromatic rings. The van der Waals surface area contributed by atoms with E-state index in [0.29, 0.717) is 0 Å². The number of fused-ring (bicyclic) bond motifs is 1. The number of thioether (sulfide) groups is 1. The van der Waals surface area contributed by atoms with E-state index >= 15 is 0 Å². The van der Waals surface area contributed by atoms with E-state index in [2.05, 4.69) is 12.1 Å². The van der Waals surface area contributed by atoms with Crippen LogP contribution in [-0.4, -0.2) is 5.75 Å². The Morgan fingerprint density at radius 2 is 2.36 bits per heavy atom. The summed E-state index contributed by atoms with van der Waals surface area (Å²) in [6, 6.07) is 7.95. The third-order valence-corrected chi connectivity index (χ3v) is 3.54. The fraction of sp³-hybridized carbons (Fsp3) is 0.182. The lowest BCUT2D eigenvalue weighted by Crippen LogP contribution is -1.98. The predicted molar refractivity (Wildman–Crippen MR) is 60.4 cm³/mol. The summed E-state index contributed by atoms with van der Waals surface area (Å²) in [5, 5.41) is 9.41. The Hall–Kier alpha value is -0.910. The van der Waals surface area contributed by atoms with Crippen LogP contribution in [0.4, 0.5) is 0 Å². The maximum atomic E-state index is 8.66. The van der Waals surface area contributed by atoms with Crippen molar-refractivity contribution in [1.29, 1.82) is 5.26 Å². The molecule has 0 amide bonds. The van der Waals surface area contributed by atoms with Crippen LogP contribution in [0.2, 0.25) is 5.02 Å². The van der Waals surface area contributed by atoms with Crippen LogP contribution in [0.15, 0.2) is 29.2 Å². The summed E-state index contributed by atoms with van der Waals surface area (Å²) in [6.45, 7) is 0. The molecule has 0 bridgehead atoms. The highest BCUT2D eigenvalue weighted by atomic mass is 35.5. The zero-order valence-corrected chi connectivity index (χ0v) is 9.03. The number of benzene rings is 1. The van der Waals surface area contributed by atoms with Crippen LogP contribution in [0.5, 0.6) is 0 Å². The van der Waals surface area contributed by atoms with Crippen molar-refractivity contribution < 1.29 is 0 Å². The molecule has 2 rings (SSSR count). The summed E-state index contributed by atoms with van der Waals surface area (Å²) in [6.07, 6.45) is 2.53. The molecule has 0 aliphatic carbocycles. The average Bonchev–Trinajstić information content (AvgIpc) is 2.19. The van der Waals surface area contributed by atoms with Gasteiger partial charge in [0.25, 0.3) is 0 Å². The standard InChI is InChI=1S/C11H8ClNS/c12-9-2-1-3-10-11(9)8(4-6-13)5-7-14-10/h1-4H,5,7H2/b8-4-. The molecular formula is C11H8ClNS. The quantitative estimate of drug-likeness (QED) is 0.623. The van der Waals surface area contributed by atoms with Crippen molar-refractivity contribution in [2.24, 2.45) is 0 Å². The van der Waals surface area contributed by atoms with Crippen molar-refractivity contribution in [3.05, 3.63) is 34.9 Å². The van der Waals surface area contributed by atoms with Gasteiger partial charge in [-0.05, 0) is 24.1 Å². The van der Waals surface area contributed by atoms with Crippen molar-refractivity contribution >= 4 is 28.9 Å². The molecule has 3 heteroatoms. The van der Waals surface area contributed by atoms with E-state index in [-0.39, 0.29) is 0 Å². The van der Waals surface area contributed by atoms with Crippen LogP contribution in [0.25, 0.3) is 5.57 Å². The second-order valence-corrected chi connectivity index (χ2v) is 4.55. The molecule has 0 unspecified atom stereocenters. The molecule has 0 aromatic heterocycles. The topological polar surface area (TPSA) is 23.8 Å². The fourth-order valence-corrected chi connectivity index (χ4v) is 3.01. The normalized spacial score (nSPS) is 17.6. The van der Waals surface area contributed by atoms with Gasteiger partial charge in [-0.2, -0.15) is 5.26 Å². The molecule has 0 N–H and O–H groups in total. The number of allylic oxidation sites excluding steroid dienone is 2. The third-order valence-electron chi connectivity index (χ3n) is 2.16. The predicted octanol–water partition coefficient (Wildman–Crippen LogP) is 3.74. The first-order valence-electron chi connectivity index (χ1n) is 4.33. The molecule has 0 saturated heterocycles. The van der Waals surface area contributed by atoms with Gasteiger partial charge in [-0.1, -0.05) is 17.7 Å². The van der Waals surface area contributed by atoms with Crippen LogP contribution in [0.3, 0.4) is 0 Å². The van der Waals surface area contributed by atoms with Gasteiger partial charge in [-0.3, -0.25) is 0 Å². The highest BCUT2D eigenvalue weighted by Crippen LogP contribution is 2.40. The van der Waals surface area contributed by atoms with Crippen LogP contribution < -0.4 is 0 Å². The Balaban J connectivity index is 2.59. The van der Waals surface area contributed by atoms with Crippen molar-refractivity contribution in [3.63, 3.8) is 0 Å². The smallest absolute Gasteiger partial charge is 0.0915 e. The molecule has 1 aromatic carbocycles. The second-order valence-electron chi connectivity index (χ2n) is 3.01. The van der Waals surface area contributed by atoms with Gasteiger partial charge < -0.3 is 0 Å². The minimum atomic E-state index is 0.746. The summed E-state index contributed by atoms with van der Waals surface area (Å²) < 4.78 is 0. The monoisotopic (exact) mass is 221 g/mol. The Morgan fingerprint density at radius 1 is 1.50 bits per heavy atom. The number of nitriles is 1. The van der Waals surface area contributed by atoms with E-state index in [4.69, 9.17) is 16.9 Å². The van der Waals surface area contributed by atoms with Crippen LogP contribution in [0.1, 0.15) is 12.0 Å². The molecular weight excluding hydrogens is 214 g/mol. The zero-order valence-electron chi connectivity index (χ0n) is 7.46. The van der Waals surface area contributed by atoms with Crippen molar-refractivity contribution in [2.75, 3.05) is 5.75 Å². The summed E-state index contributed by atoms with van der Waals surface area (Å²) in [7, 11) is 0. The van der Waals surface area contributed by atoms with Gasteiger partial charge in [0.15, 0.2) is 0 Å². The highest BCUT2D eigenvalue weighted by Gasteiger charge is 2.16. The molecule has 1 aliphatic heterocycles. The zero-order chi connectivity index (χ0) is 9.97. The Bertz CT molecular complexity index is 431. The number of halogens is 1. The highest BCUT2D eigenvalue weighted by molar-refractivity contribution is 7.99. The number of rotatable bonds is 0. The Morgan fingerprint density at radius 3 is 3.14 bits per heavy atom. The Kier molecular flexibility index (Phi) is 2.81. The van der Waals surface area contributed by atoms with Gasteiger partial charge in [0, 0.05) is 27.3 Å². The van der Waals surface area contributed by atoms with E-state index in [1.54, 1.807) is 17.8 Å².